The summed E-state index contributed by atoms with van der Waals surface area (Å²) in [5.41, 5.74) is 0.393. The van der Waals surface area contributed by atoms with Crippen molar-refractivity contribution in [3.8, 4) is 5.69 Å². The van der Waals surface area contributed by atoms with Gasteiger partial charge in [-0.1, -0.05) is 13.8 Å². The molecule has 1 N–H and O–H groups in total. The molecule has 4 rings (SSSR count). The van der Waals surface area contributed by atoms with Crippen LogP contribution in [0.4, 0.5) is 29.7 Å². The highest BCUT2D eigenvalue weighted by molar-refractivity contribution is 5.94. The van der Waals surface area contributed by atoms with Crippen molar-refractivity contribution in [1.29, 1.82) is 0 Å². The number of carbonyl (C=O) groups is 1. The summed E-state index contributed by atoms with van der Waals surface area (Å²) >= 11 is 0. The summed E-state index contributed by atoms with van der Waals surface area (Å²) in [4.78, 5) is 28.3. The summed E-state index contributed by atoms with van der Waals surface area (Å²) in [5, 5.41) is 3.11. The quantitative estimate of drug-likeness (QED) is 0.557. The molecule has 8 nitrogen and oxygen atoms in total. The predicted molar refractivity (Wildman–Crippen MR) is 122 cm³/mol. The molecule has 0 spiro atoms. The van der Waals surface area contributed by atoms with Gasteiger partial charge in [0.25, 0.3) is 0 Å². The molecule has 1 saturated heterocycles. The van der Waals surface area contributed by atoms with Gasteiger partial charge in [0.2, 0.25) is 5.95 Å². The van der Waals surface area contributed by atoms with E-state index in [1.54, 1.807) is 16.8 Å². The van der Waals surface area contributed by atoms with Gasteiger partial charge in [0.05, 0.1) is 32.4 Å². The molecule has 11 heteroatoms. The fourth-order valence-corrected chi connectivity index (χ4v) is 3.63. The normalized spacial score (nSPS) is 19.9. The fraction of sp³-hybridized carbons (Fsp3) is 0.391. The molecule has 0 radical (unpaired) electrons. The zero-order valence-electron chi connectivity index (χ0n) is 21.1. The van der Waals surface area contributed by atoms with E-state index in [9.17, 15) is 18.0 Å². The van der Waals surface area contributed by atoms with Gasteiger partial charge in [-0.05, 0) is 43.2 Å². The van der Waals surface area contributed by atoms with Crippen LogP contribution in [0.1, 0.15) is 40.8 Å². The molecule has 3 aromatic rings. The van der Waals surface area contributed by atoms with E-state index in [1.807, 2.05) is 20.8 Å². The van der Waals surface area contributed by atoms with Crippen LogP contribution in [0.2, 0.25) is 0 Å². The van der Waals surface area contributed by atoms with Gasteiger partial charge in [-0.25, -0.2) is 14.8 Å². The second-order valence-corrected chi connectivity index (χ2v) is 8.38. The topological polar surface area (TPSA) is 79.2 Å². The van der Waals surface area contributed by atoms with Crippen LogP contribution in [0.25, 0.3) is 5.69 Å². The van der Waals surface area contributed by atoms with Crippen LogP contribution >= 0.6 is 0 Å². The lowest BCUT2D eigenvalue weighted by atomic mass is 10.0. The number of urea groups is 1. The van der Waals surface area contributed by atoms with Crippen LogP contribution in [-0.2, 0) is 6.18 Å². The van der Waals surface area contributed by atoms with Crippen molar-refractivity contribution in [3.05, 3.63) is 60.3 Å². The van der Waals surface area contributed by atoms with Gasteiger partial charge >= 0.3 is 12.2 Å². The Bertz CT molecular complexity index is 1250. The lowest BCUT2D eigenvalue weighted by Crippen LogP contribution is -2.38. The van der Waals surface area contributed by atoms with Crippen LogP contribution < -0.4 is 10.2 Å². The zero-order valence-corrected chi connectivity index (χ0v) is 19.1. The molecule has 1 unspecified atom stereocenters. The molecule has 2 aromatic heterocycles. The number of benzene rings is 1. The number of halogens is 3. The number of alkyl halides is 3. The molecule has 34 heavy (non-hydrogen) atoms. The average Bonchev–Trinajstić information content (AvgIpc) is 3.37. The van der Waals surface area contributed by atoms with E-state index in [1.165, 1.54) is 36.6 Å². The van der Waals surface area contributed by atoms with Crippen molar-refractivity contribution in [1.82, 2.24) is 24.4 Å². The first-order valence-electron chi connectivity index (χ1n) is 11.7. The summed E-state index contributed by atoms with van der Waals surface area (Å²) in [7, 11) is 1.42. The first kappa shape index (κ1) is 20.9. The molecule has 1 aliphatic rings. The number of imidazole rings is 1. The Morgan fingerprint density at radius 1 is 1.15 bits per heavy atom. The number of nitrogens with one attached hydrogen (secondary N) is 1. The van der Waals surface area contributed by atoms with Gasteiger partial charge in [-0.2, -0.15) is 18.2 Å². The molecule has 2 atom stereocenters. The molecule has 1 aliphatic heterocycles. The van der Waals surface area contributed by atoms with Gasteiger partial charge < -0.3 is 14.8 Å². The summed E-state index contributed by atoms with van der Waals surface area (Å²) in [5.74, 6) is 0.315. The molecule has 0 bridgehead atoms. The Labute approximate surface area is 198 Å². The van der Waals surface area contributed by atoms with E-state index in [4.69, 9.17) is 2.74 Å². The predicted octanol–water partition coefficient (Wildman–Crippen LogP) is 4.75. The second-order valence-electron chi connectivity index (χ2n) is 8.38. The van der Waals surface area contributed by atoms with Gasteiger partial charge in [0.1, 0.15) is 5.82 Å². The number of amides is 2. The molecule has 1 aromatic carbocycles. The maximum Gasteiger partial charge on any atom is 0.416 e. The van der Waals surface area contributed by atoms with E-state index in [0.717, 1.165) is 17.0 Å². The standard InChI is InChI=1S/C23H26F3N7O/c1-14(2)19-12-31(4)22(34)33(19)20-9-10-27-21(30-20)29-15(3)18-11-32(13-28-18)17-7-5-16(6-8-17)23(24,25)26/h5-11,13-15,19H,12H2,1-4H3,(H,27,29,30)/t15?,19-/m1/s1/i12D2. The molecule has 180 valence electrons. The molecule has 0 aliphatic carbocycles. The highest BCUT2D eigenvalue weighted by atomic mass is 19.4. The maximum absolute atomic E-state index is 12.9. The van der Waals surface area contributed by atoms with Crippen molar-refractivity contribution >= 4 is 17.8 Å². The minimum absolute atomic E-state index is 0.173. The zero-order chi connectivity index (χ0) is 26.4. The third-order valence-corrected chi connectivity index (χ3v) is 5.50. The average molecular weight is 476 g/mol. The first-order chi connectivity index (χ1) is 16.8. The number of likely N-dealkylation sites (N-methyl/N-ethyl adjacent to an activating group) is 1. The molecule has 3 heterocycles. The molecule has 2 amide bonds. The first-order valence-corrected chi connectivity index (χ1v) is 10.7. The minimum atomic E-state index is -4.40. The van der Waals surface area contributed by atoms with Gasteiger partial charge in [-0.3, -0.25) is 4.90 Å². The molecule has 1 fully saturated rings. The number of rotatable bonds is 6. The van der Waals surface area contributed by atoms with Crippen molar-refractivity contribution in [3.63, 3.8) is 0 Å². The maximum atomic E-state index is 12.9. The Kier molecular flexibility index (Phi) is 5.52. The van der Waals surface area contributed by atoms with E-state index < -0.39 is 30.3 Å². The summed E-state index contributed by atoms with van der Waals surface area (Å²) in [6, 6.07) is 4.71. The number of hydrogen-bond donors (Lipinski definition) is 1. The summed E-state index contributed by atoms with van der Waals surface area (Å²) < 4.78 is 56.9. The van der Waals surface area contributed by atoms with Crippen molar-refractivity contribution in [2.45, 2.75) is 39.0 Å². The highest BCUT2D eigenvalue weighted by Gasteiger charge is 2.38. The van der Waals surface area contributed by atoms with Gasteiger partial charge in [-0.15, -0.1) is 0 Å². The number of hydrogen-bond acceptors (Lipinski definition) is 5. The second kappa shape index (κ2) is 8.96. The summed E-state index contributed by atoms with van der Waals surface area (Å²) in [6.45, 7) is 3.64. The number of carbonyl (C=O) groups excluding carboxylic acids is 1. The van der Waals surface area contributed by atoms with E-state index in [0.29, 0.717) is 11.4 Å². The molecular weight excluding hydrogens is 447 g/mol. The Morgan fingerprint density at radius 3 is 2.50 bits per heavy atom. The van der Waals surface area contributed by atoms with Crippen LogP contribution in [-0.4, -0.2) is 50.0 Å². The Morgan fingerprint density at radius 2 is 1.85 bits per heavy atom. The lowest BCUT2D eigenvalue weighted by molar-refractivity contribution is -0.137. The fourth-order valence-electron chi connectivity index (χ4n) is 3.63. The molecule has 0 saturated carbocycles. The van der Waals surface area contributed by atoms with E-state index >= 15 is 0 Å². The van der Waals surface area contributed by atoms with Crippen LogP contribution in [0.15, 0.2) is 49.1 Å². The highest BCUT2D eigenvalue weighted by Crippen LogP contribution is 2.30. The Hall–Kier alpha value is -3.63. The van der Waals surface area contributed by atoms with Gasteiger partial charge in [0, 0.05) is 31.6 Å². The van der Waals surface area contributed by atoms with E-state index in [-0.39, 0.29) is 23.7 Å². The van der Waals surface area contributed by atoms with Crippen LogP contribution in [0.5, 0.6) is 0 Å². The summed E-state index contributed by atoms with van der Waals surface area (Å²) in [6.07, 6.45) is 0.267. The Balaban J connectivity index is 1.53. The SMILES string of the molecule is [2H]C1([2H])[C@H](C(C)C)N(c2ccnc(NC(C)c3cn(-c4ccc(C(F)(F)F)cc4)cn3)n2)C(=O)N1C. The van der Waals surface area contributed by atoms with Crippen molar-refractivity contribution < 1.29 is 20.7 Å². The number of anilines is 2. The smallest absolute Gasteiger partial charge is 0.346 e. The third-order valence-electron chi connectivity index (χ3n) is 5.50. The largest absolute Gasteiger partial charge is 0.416 e. The monoisotopic (exact) mass is 475 g/mol. The van der Waals surface area contributed by atoms with Gasteiger partial charge in [0.15, 0.2) is 0 Å². The number of nitrogens with zero attached hydrogens (tertiary/aromatic N) is 6. The lowest BCUT2D eigenvalue weighted by Gasteiger charge is -2.25. The molecular formula is C23H26F3N7O. The van der Waals surface area contributed by atoms with Crippen LogP contribution in [0, 0.1) is 5.92 Å². The third kappa shape index (κ3) is 4.68. The van der Waals surface area contributed by atoms with Crippen molar-refractivity contribution in [2.75, 3.05) is 23.8 Å². The number of aromatic nitrogens is 4. The van der Waals surface area contributed by atoms with Crippen LogP contribution in [0.3, 0.4) is 0 Å². The van der Waals surface area contributed by atoms with E-state index in [2.05, 4.69) is 20.3 Å². The van der Waals surface area contributed by atoms with Crippen molar-refractivity contribution in [2.24, 2.45) is 5.92 Å². The minimum Gasteiger partial charge on any atom is -0.346 e.